The van der Waals surface area contributed by atoms with Crippen LogP contribution in [0.25, 0.3) is 0 Å². The molecule has 1 saturated carbocycles. The van der Waals surface area contributed by atoms with Gasteiger partial charge in [0.25, 0.3) is 5.56 Å². The van der Waals surface area contributed by atoms with Crippen LogP contribution < -0.4 is 10.9 Å². The molecule has 0 radical (unpaired) electrons. The Bertz CT molecular complexity index is 522. The van der Waals surface area contributed by atoms with Crippen LogP contribution in [0.4, 0.5) is 5.69 Å². The Balaban J connectivity index is 2.03. The van der Waals surface area contributed by atoms with E-state index in [1.54, 1.807) is 25.0 Å². The van der Waals surface area contributed by atoms with Gasteiger partial charge in [-0.3, -0.25) is 4.79 Å². The molecule has 1 aliphatic carbocycles. The molecule has 2 N–H and O–H groups in total. The van der Waals surface area contributed by atoms with Crippen molar-refractivity contribution >= 4 is 33.4 Å². The number of hydrogen-bond acceptors (Lipinski definition) is 5. The molecule has 7 heteroatoms. The van der Waals surface area contributed by atoms with Crippen molar-refractivity contribution in [2.45, 2.75) is 30.6 Å². The average Bonchev–Trinajstić information content (AvgIpc) is 2.40. The summed E-state index contributed by atoms with van der Waals surface area (Å²) in [7, 11) is 1.60. The number of nitrogens with zero attached hydrogens (tertiary/aromatic N) is 2. The summed E-state index contributed by atoms with van der Waals surface area (Å²) < 4.78 is 1.72. The summed E-state index contributed by atoms with van der Waals surface area (Å²) in [4.78, 5) is 11.7. The molecule has 0 bridgehead atoms. The van der Waals surface area contributed by atoms with Crippen LogP contribution in [0.3, 0.4) is 0 Å². The van der Waals surface area contributed by atoms with Crippen molar-refractivity contribution in [1.29, 1.82) is 0 Å². The lowest BCUT2D eigenvalue weighted by Crippen LogP contribution is -2.54. The van der Waals surface area contributed by atoms with Crippen molar-refractivity contribution in [3.8, 4) is 0 Å². The lowest BCUT2D eigenvalue weighted by molar-refractivity contribution is -0.0120. The molecule has 0 aliphatic heterocycles. The monoisotopic (exact) mass is 347 g/mol. The average molecular weight is 348 g/mol. The Morgan fingerprint density at radius 1 is 1.74 bits per heavy atom. The molecule has 0 aromatic carbocycles. The molecule has 1 aromatic rings. The van der Waals surface area contributed by atoms with Crippen LogP contribution in [0.5, 0.6) is 0 Å². The highest BCUT2D eigenvalue weighted by molar-refractivity contribution is 9.10. The summed E-state index contributed by atoms with van der Waals surface area (Å²) in [6, 6.07) is 0. The lowest BCUT2D eigenvalue weighted by Gasteiger charge is -2.45. The van der Waals surface area contributed by atoms with Crippen LogP contribution in [0.1, 0.15) is 19.8 Å². The Morgan fingerprint density at radius 3 is 3.05 bits per heavy atom. The second kappa shape index (κ2) is 5.85. The largest absolute Gasteiger partial charge is 0.387 e. The van der Waals surface area contributed by atoms with Gasteiger partial charge in [-0.1, -0.05) is 6.92 Å². The van der Waals surface area contributed by atoms with E-state index < -0.39 is 5.60 Å². The zero-order valence-corrected chi connectivity index (χ0v) is 13.4. The van der Waals surface area contributed by atoms with E-state index in [0.717, 1.165) is 18.6 Å². The highest BCUT2D eigenvalue weighted by Gasteiger charge is 2.45. The number of aromatic nitrogens is 2. The number of rotatable bonds is 5. The predicted octanol–water partition coefficient (Wildman–Crippen LogP) is 1.60. The van der Waals surface area contributed by atoms with Gasteiger partial charge in [-0.05, 0) is 34.5 Å². The van der Waals surface area contributed by atoms with Gasteiger partial charge in [0.2, 0.25) is 0 Å². The maximum absolute atomic E-state index is 11.7. The van der Waals surface area contributed by atoms with Crippen molar-refractivity contribution in [2.24, 2.45) is 7.05 Å². The molecule has 19 heavy (non-hydrogen) atoms. The van der Waals surface area contributed by atoms with Gasteiger partial charge in [0.1, 0.15) is 4.47 Å². The van der Waals surface area contributed by atoms with Crippen LogP contribution in [-0.4, -0.2) is 38.0 Å². The van der Waals surface area contributed by atoms with E-state index in [2.05, 4.69) is 33.3 Å². The molecule has 1 aromatic heterocycles. The van der Waals surface area contributed by atoms with Gasteiger partial charge in [-0.15, -0.1) is 0 Å². The van der Waals surface area contributed by atoms with Crippen molar-refractivity contribution in [3.63, 3.8) is 0 Å². The van der Waals surface area contributed by atoms with Gasteiger partial charge in [-0.2, -0.15) is 16.9 Å². The molecule has 0 saturated heterocycles. The first-order valence-electron chi connectivity index (χ1n) is 6.27. The molecule has 0 unspecified atom stereocenters. The zero-order valence-electron chi connectivity index (χ0n) is 11.0. The number of aryl methyl sites for hydroxylation is 1. The third-order valence-corrected chi connectivity index (χ3v) is 5.65. The molecule has 106 valence electrons. The fourth-order valence-electron chi connectivity index (χ4n) is 2.12. The molecule has 2 atom stereocenters. The summed E-state index contributed by atoms with van der Waals surface area (Å²) in [5.41, 5.74) is -0.241. The molecular formula is C12H18BrN3O2S. The van der Waals surface area contributed by atoms with Gasteiger partial charge in [0.05, 0.1) is 17.5 Å². The molecular weight excluding hydrogens is 330 g/mol. The van der Waals surface area contributed by atoms with Crippen LogP contribution in [0.2, 0.25) is 0 Å². The number of halogens is 1. The highest BCUT2D eigenvalue weighted by atomic mass is 79.9. The van der Waals surface area contributed by atoms with Crippen LogP contribution in [-0.2, 0) is 7.05 Å². The molecule has 5 nitrogen and oxygen atoms in total. The molecule has 2 rings (SSSR count). The van der Waals surface area contributed by atoms with Gasteiger partial charge < -0.3 is 10.4 Å². The molecule has 0 spiro atoms. The van der Waals surface area contributed by atoms with Crippen molar-refractivity contribution in [2.75, 3.05) is 17.6 Å². The minimum Gasteiger partial charge on any atom is -0.387 e. The van der Waals surface area contributed by atoms with E-state index in [9.17, 15) is 9.90 Å². The van der Waals surface area contributed by atoms with E-state index >= 15 is 0 Å². The molecule has 1 heterocycles. The Labute approximate surface area is 124 Å². The highest BCUT2D eigenvalue weighted by Crippen LogP contribution is 2.41. The fraction of sp³-hybridized carbons (Fsp3) is 0.667. The van der Waals surface area contributed by atoms with Gasteiger partial charge in [0.15, 0.2) is 0 Å². The summed E-state index contributed by atoms with van der Waals surface area (Å²) in [5.74, 6) is 1.00. The number of nitrogens with one attached hydrogen (secondary N) is 1. The second-order valence-electron chi connectivity index (χ2n) is 4.74. The third kappa shape index (κ3) is 2.98. The normalized spacial score (nSPS) is 26.0. The van der Waals surface area contributed by atoms with Crippen molar-refractivity contribution in [3.05, 3.63) is 21.0 Å². The summed E-state index contributed by atoms with van der Waals surface area (Å²) in [6.45, 7) is 2.54. The minimum atomic E-state index is -0.679. The standard InChI is InChI=1S/C12H18BrN3O2S/c1-3-19-9-4-5-12(9,18)7-14-8-6-15-16(2)11(17)10(8)13/h6,9,14,18H,3-5,7H2,1-2H3/t9-,12+/m0/s1. The van der Waals surface area contributed by atoms with Gasteiger partial charge in [-0.25, -0.2) is 4.68 Å². The van der Waals surface area contributed by atoms with Crippen molar-refractivity contribution < 1.29 is 5.11 Å². The van der Waals surface area contributed by atoms with E-state index in [1.165, 1.54) is 4.68 Å². The summed E-state index contributed by atoms with van der Waals surface area (Å²) in [6.07, 6.45) is 3.44. The van der Waals surface area contributed by atoms with Crippen LogP contribution >= 0.6 is 27.7 Å². The lowest BCUT2D eigenvalue weighted by atomic mass is 9.79. The predicted molar refractivity (Wildman–Crippen MR) is 81.8 cm³/mol. The first-order valence-corrected chi connectivity index (χ1v) is 8.12. The van der Waals surface area contributed by atoms with E-state index in [1.807, 2.05) is 0 Å². The van der Waals surface area contributed by atoms with Gasteiger partial charge in [0, 0.05) is 18.8 Å². The maximum Gasteiger partial charge on any atom is 0.282 e. The number of anilines is 1. The molecule has 0 amide bonds. The van der Waals surface area contributed by atoms with E-state index in [0.29, 0.717) is 16.7 Å². The minimum absolute atomic E-state index is 0.190. The molecule has 1 fully saturated rings. The van der Waals surface area contributed by atoms with E-state index in [4.69, 9.17) is 0 Å². The van der Waals surface area contributed by atoms with E-state index in [-0.39, 0.29) is 10.8 Å². The topological polar surface area (TPSA) is 67.2 Å². The van der Waals surface area contributed by atoms with Crippen LogP contribution in [0.15, 0.2) is 15.5 Å². The van der Waals surface area contributed by atoms with Gasteiger partial charge >= 0.3 is 0 Å². The molecule has 1 aliphatic rings. The fourth-order valence-corrected chi connectivity index (χ4v) is 3.82. The third-order valence-electron chi connectivity index (χ3n) is 3.47. The Kier molecular flexibility index (Phi) is 4.58. The summed E-state index contributed by atoms with van der Waals surface area (Å²) >= 11 is 5.05. The number of hydrogen-bond donors (Lipinski definition) is 2. The smallest absolute Gasteiger partial charge is 0.282 e. The summed E-state index contributed by atoms with van der Waals surface area (Å²) in [5, 5.41) is 17.8. The first-order chi connectivity index (χ1) is 8.98. The number of aliphatic hydroxyl groups is 1. The van der Waals surface area contributed by atoms with Crippen LogP contribution in [0, 0.1) is 0 Å². The Hall–Kier alpha value is -0.530. The quantitative estimate of drug-likeness (QED) is 0.846. The SMILES string of the molecule is CCS[C@H]1CC[C@@]1(O)CNc1cnn(C)c(=O)c1Br. The Morgan fingerprint density at radius 2 is 2.47 bits per heavy atom. The second-order valence-corrected chi connectivity index (χ2v) is 7.01. The zero-order chi connectivity index (χ0) is 14.0. The number of thioether (sulfide) groups is 1. The maximum atomic E-state index is 11.7. The van der Waals surface area contributed by atoms with Crippen molar-refractivity contribution in [1.82, 2.24) is 9.78 Å². The first kappa shape index (κ1) is 14.9.